The Kier molecular flexibility index (Phi) is 6.15. The Morgan fingerprint density at radius 2 is 1.89 bits per heavy atom. The smallest absolute Gasteiger partial charge is 0.416 e. The van der Waals surface area contributed by atoms with E-state index in [1.807, 2.05) is 18.2 Å². The maximum Gasteiger partial charge on any atom is 0.416 e. The Morgan fingerprint density at radius 1 is 1.21 bits per heavy atom. The van der Waals surface area contributed by atoms with Gasteiger partial charge in [0, 0.05) is 17.5 Å². The largest absolute Gasteiger partial charge is 0.491 e. The minimum atomic E-state index is -4.41. The highest BCUT2D eigenvalue weighted by Gasteiger charge is 2.44. The summed E-state index contributed by atoms with van der Waals surface area (Å²) >= 11 is 6.14. The molecule has 4 nitrogen and oxygen atoms in total. The molecule has 1 aliphatic rings. The zero-order chi connectivity index (χ0) is 20.3. The number of ether oxygens (including phenoxy) is 1. The third-order valence-electron chi connectivity index (χ3n) is 4.57. The molecule has 0 bridgehead atoms. The predicted octanol–water partition coefficient (Wildman–Crippen LogP) is 4.02. The van der Waals surface area contributed by atoms with Crippen molar-refractivity contribution in [3.8, 4) is 5.75 Å². The highest BCUT2D eigenvalue weighted by atomic mass is 35.5. The van der Waals surface area contributed by atoms with Crippen molar-refractivity contribution in [3.05, 3.63) is 64.7 Å². The number of hydrogen-bond acceptors (Lipinski definition) is 3. The summed E-state index contributed by atoms with van der Waals surface area (Å²) in [7, 11) is 0. The van der Waals surface area contributed by atoms with E-state index in [2.05, 4.69) is 5.32 Å². The normalized spacial score (nSPS) is 19.8. The fourth-order valence-electron chi connectivity index (χ4n) is 2.95. The van der Waals surface area contributed by atoms with E-state index < -0.39 is 17.8 Å². The molecule has 150 valence electrons. The van der Waals surface area contributed by atoms with Gasteiger partial charge in [0.1, 0.15) is 18.5 Å². The summed E-state index contributed by atoms with van der Waals surface area (Å²) in [6.07, 6.45) is -4.69. The van der Waals surface area contributed by atoms with Gasteiger partial charge in [-0.25, -0.2) is 0 Å². The molecule has 2 aromatic rings. The second kappa shape index (κ2) is 8.41. The van der Waals surface area contributed by atoms with Gasteiger partial charge in [0.05, 0.1) is 5.56 Å². The van der Waals surface area contributed by atoms with Crippen molar-refractivity contribution < 1.29 is 27.8 Å². The van der Waals surface area contributed by atoms with E-state index in [-0.39, 0.29) is 36.6 Å². The summed E-state index contributed by atoms with van der Waals surface area (Å²) < 4.78 is 42.8. The fourth-order valence-corrected chi connectivity index (χ4v) is 3.22. The van der Waals surface area contributed by atoms with Gasteiger partial charge in [0.25, 0.3) is 0 Å². The molecule has 0 aliphatic heterocycles. The molecule has 8 heteroatoms. The predicted molar refractivity (Wildman–Crippen MR) is 98.3 cm³/mol. The lowest BCUT2D eigenvalue weighted by Crippen LogP contribution is -2.36. The van der Waals surface area contributed by atoms with Crippen molar-refractivity contribution in [2.24, 2.45) is 5.92 Å². The zero-order valence-electron chi connectivity index (χ0n) is 14.7. The van der Waals surface area contributed by atoms with E-state index >= 15 is 0 Å². The molecule has 1 saturated carbocycles. The molecule has 3 unspecified atom stereocenters. The van der Waals surface area contributed by atoms with Gasteiger partial charge >= 0.3 is 6.18 Å². The van der Waals surface area contributed by atoms with Gasteiger partial charge in [0.15, 0.2) is 0 Å². The fraction of sp³-hybridized carbons (Fsp3) is 0.350. The zero-order valence-corrected chi connectivity index (χ0v) is 15.5. The molecule has 2 aromatic carbocycles. The number of nitrogens with one attached hydrogen (secondary N) is 1. The molecule has 0 radical (unpaired) electrons. The standard InChI is InChI=1S/C20H19ClF3NO3/c21-18-4-2-1-3-15(18)16-9-17(16)19(27)25-10-13(26)11-28-14-7-5-12(6-8-14)20(22,23)24/h1-8,13,16-17,26H,9-11H2,(H,25,27). The van der Waals surface area contributed by atoms with E-state index in [0.29, 0.717) is 11.4 Å². The quantitative estimate of drug-likeness (QED) is 0.721. The minimum Gasteiger partial charge on any atom is -0.491 e. The molecule has 0 aromatic heterocycles. The average Bonchev–Trinajstić information content (AvgIpc) is 3.45. The van der Waals surface area contributed by atoms with Crippen molar-refractivity contribution in [2.45, 2.75) is 24.6 Å². The minimum absolute atomic E-state index is 0.00872. The number of alkyl halides is 3. The van der Waals surface area contributed by atoms with E-state index in [1.54, 1.807) is 6.07 Å². The number of hydrogen-bond donors (Lipinski definition) is 2. The third kappa shape index (κ3) is 5.17. The van der Waals surface area contributed by atoms with Gasteiger partial charge in [-0.15, -0.1) is 0 Å². The topological polar surface area (TPSA) is 58.6 Å². The van der Waals surface area contributed by atoms with Gasteiger partial charge in [-0.05, 0) is 48.2 Å². The average molecular weight is 414 g/mol. The first kappa shape index (κ1) is 20.5. The highest BCUT2D eigenvalue weighted by Crippen LogP contribution is 2.49. The van der Waals surface area contributed by atoms with Crippen LogP contribution in [0.2, 0.25) is 5.02 Å². The van der Waals surface area contributed by atoms with Crippen LogP contribution in [0, 0.1) is 5.92 Å². The Labute approximate surface area is 165 Å². The molecule has 0 spiro atoms. The Morgan fingerprint density at radius 3 is 2.54 bits per heavy atom. The van der Waals surface area contributed by atoms with E-state index in [1.165, 1.54) is 12.1 Å². The van der Waals surface area contributed by atoms with Gasteiger partial charge in [0.2, 0.25) is 5.91 Å². The van der Waals surface area contributed by atoms with Crippen molar-refractivity contribution in [1.29, 1.82) is 0 Å². The molecule has 1 fully saturated rings. The van der Waals surface area contributed by atoms with Crippen molar-refractivity contribution in [3.63, 3.8) is 0 Å². The second-order valence-corrected chi connectivity index (χ2v) is 7.11. The second-order valence-electron chi connectivity index (χ2n) is 6.70. The lowest BCUT2D eigenvalue weighted by atomic mass is 10.1. The van der Waals surface area contributed by atoms with Crippen molar-refractivity contribution >= 4 is 17.5 Å². The van der Waals surface area contributed by atoms with Crippen molar-refractivity contribution in [2.75, 3.05) is 13.2 Å². The van der Waals surface area contributed by atoms with Crippen LogP contribution >= 0.6 is 11.6 Å². The van der Waals surface area contributed by atoms with Crippen LogP contribution in [0.25, 0.3) is 0 Å². The summed E-state index contributed by atoms with van der Waals surface area (Å²) in [5.74, 6) is -0.0602. The summed E-state index contributed by atoms with van der Waals surface area (Å²) in [5, 5.41) is 13.2. The molecule has 28 heavy (non-hydrogen) atoms. The number of carbonyl (C=O) groups excluding carboxylic acids is 1. The van der Waals surface area contributed by atoms with Crippen LogP contribution in [-0.4, -0.2) is 30.3 Å². The summed E-state index contributed by atoms with van der Waals surface area (Å²) in [6, 6.07) is 11.6. The van der Waals surface area contributed by atoms with E-state index in [4.69, 9.17) is 16.3 Å². The Hall–Kier alpha value is -2.25. The molecule has 0 saturated heterocycles. The lowest BCUT2D eigenvalue weighted by molar-refractivity contribution is -0.137. The van der Waals surface area contributed by atoms with Crippen LogP contribution in [0.1, 0.15) is 23.5 Å². The number of amides is 1. The van der Waals surface area contributed by atoms with Gasteiger partial charge in [-0.3, -0.25) is 4.79 Å². The number of benzene rings is 2. The number of rotatable bonds is 7. The molecular weight excluding hydrogens is 395 g/mol. The van der Waals surface area contributed by atoms with Crippen LogP contribution in [0.4, 0.5) is 13.2 Å². The highest BCUT2D eigenvalue weighted by molar-refractivity contribution is 6.31. The van der Waals surface area contributed by atoms with Crippen LogP contribution in [0.5, 0.6) is 5.75 Å². The Bertz CT molecular complexity index is 826. The monoisotopic (exact) mass is 413 g/mol. The summed E-state index contributed by atoms with van der Waals surface area (Å²) in [4.78, 5) is 12.2. The number of aliphatic hydroxyl groups excluding tert-OH is 1. The first-order chi connectivity index (χ1) is 13.3. The van der Waals surface area contributed by atoms with Crippen LogP contribution in [-0.2, 0) is 11.0 Å². The number of aliphatic hydroxyl groups is 1. The number of halogens is 4. The van der Waals surface area contributed by atoms with Crippen LogP contribution < -0.4 is 10.1 Å². The van der Waals surface area contributed by atoms with Crippen LogP contribution in [0.15, 0.2) is 48.5 Å². The van der Waals surface area contributed by atoms with E-state index in [9.17, 15) is 23.1 Å². The molecule has 3 atom stereocenters. The maximum absolute atomic E-state index is 12.5. The van der Waals surface area contributed by atoms with E-state index in [0.717, 1.165) is 17.7 Å². The SMILES string of the molecule is O=C(NCC(O)COc1ccc(C(F)(F)F)cc1)C1CC1c1ccccc1Cl. The number of carbonyl (C=O) groups is 1. The Balaban J connectivity index is 1.41. The molecule has 0 heterocycles. The molecule has 1 amide bonds. The lowest BCUT2D eigenvalue weighted by Gasteiger charge is -2.14. The molecule has 2 N–H and O–H groups in total. The molecule has 3 rings (SSSR count). The van der Waals surface area contributed by atoms with Crippen LogP contribution in [0.3, 0.4) is 0 Å². The first-order valence-corrected chi connectivity index (χ1v) is 9.13. The summed E-state index contributed by atoms with van der Waals surface area (Å²) in [6.45, 7) is -0.157. The van der Waals surface area contributed by atoms with Gasteiger partial charge in [-0.2, -0.15) is 13.2 Å². The first-order valence-electron chi connectivity index (χ1n) is 8.76. The third-order valence-corrected chi connectivity index (χ3v) is 4.91. The maximum atomic E-state index is 12.5. The van der Waals surface area contributed by atoms with Crippen molar-refractivity contribution in [1.82, 2.24) is 5.32 Å². The molecule has 1 aliphatic carbocycles. The van der Waals surface area contributed by atoms with Gasteiger partial charge in [-0.1, -0.05) is 29.8 Å². The summed E-state index contributed by atoms with van der Waals surface area (Å²) in [5.41, 5.74) is 0.167. The molecular formula is C20H19ClF3NO3. The van der Waals surface area contributed by atoms with Gasteiger partial charge < -0.3 is 15.2 Å².